The third kappa shape index (κ3) is 3.79. The number of benzene rings is 1. The molecule has 0 amide bonds. The Bertz CT molecular complexity index is 776. The van der Waals surface area contributed by atoms with Crippen LogP contribution in [-0.4, -0.2) is 48.6 Å². The molecule has 1 unspecified atom stereocenters. The van der Waals surface area contributed by atoms with E-state index < -0.39 is 0 Å². The van der Waals surface area contributed by atoms with E-state index in [1.807, 2.05) is 42.5 Å². The molecule has 2 aromatic rings. The summed E-state index contributed by atoms with van der Waals surface area (Å²) in [6, 6.07) is 9.77. The Morgan fingerprint density at radius 1 is 1.00 bits per heavy atom. The Morgan fingerprint density at radius 3 is 2.50 bits per heavy atom. The van der Waals surface area contributed by atoms with Crippen molar-refractivity contribution in [2.75, 3.05) is 32.2 Å². The molecule has 1 aromatic carbocycles. The van der Waals surface area contributed by atoms with Gasteiger partial charge in [-0.3, -0.25) is 0 Å². The first-order valence-corrected chi connectivity index (χ1v) is 8.68. The van der Waals surface area contributed by atoms with E-state index in [2.05, 4.69) is 9.97 Å². The number of hydrogen-bond donors (Lipinski definition) is 1. The first-order valence-electron chi connectivity index (χ1n) is 8.68. The van der Waals surface area contributed by atoms with Gasteiger partial charge in [0, 0.05) is 6.42 Å². The molecule has 0 bridgehead atoms. The van der Waals surface area contributed by atoms with Gasteiger partial charge in [-0.15, -0.1) is 0 Å². The van der Waals surface area contributed by atoms with E-state index in [9.17, 15) is 0 Å². The molecule has 4 rings (SSSR count). The maximum Gasteiger partial charge on any atom is 0.230 e. The number of rotatable bonds is 5. The van der Waals surface area contributed by atoms with Crippen LogP contribution in [0.15, 0.2) is 42.5 Å². The summed E-state index contributed by atoms with van der Waals surface area (Å²) < 4.78 is 23.0. The largest absolute Gasteiger partial charge is 0.471 e. The lowest BCUT2D eigenvalue weighted by atomic mass is 10.1. The number of nitrogens with zero attached hydrogens (tertiary/aromatic N) is 2. The summed E-state index contributed by atoms with van der Waals surface area (Å²) in [6.07, 6.45) is 4.41. The molecule has 1 saturated heterocycles. The summed E-state index contributed by atoms with van der Waals surface area (Å²) in [5, 5.41) is 0. The van der Waals surface area contributed by atoms with Crippen molar-refractivity contribution in [1.82, 2.24) is 9.97 Å². The third-order valence-corrected chi connectivity index (χ3v) is 4.20. The average molecular weight is 355 g/mol. The van der Waals surface area contributed by atoms with Crippen molar-refractivity contribution in [3.05, 3.63) is 42.5 Å². The van der Waals surface area contributed by atoms with E-state index in [0.717, 1.165) is 12.0 Å². The van der Waals surface area contributed by atoms with Crippen LogP contribution >= 0.6 is 0 Å². The van der Waals surface area contributed by atoms with Crippen molar-refractivity contribution in [2.45, 2.75) is 18.6 Å². The van der Waals surface area contributed by atoms with Gasteiger partial charge in [0.15, 0.2) is 0 Å². The van der Waals surface area contributed by atoms with Gasteiger partial charge in [0.05, 0.1) is 26.4 Å². The first-order chi connectivity index (χ1) is 12.8. The van der Waals surface area contributed by atoms with Gasteiger partial charge in [0.2, 0.25) is 17.7 Å². The Kier molecular flexibility index (Phi) is 4.99. The van der Waals surface area contributed by atoms with Crippen molar-refractivity contribution >= 4 is 5.95 Å². The summed E-state index contributed by atoms with van der Waals surface area (Å²) in [6.45, 7) is 2.27. The summed E-state index contributed by atoms with van der Waals surface area (Å²) in [5.74, 6) is 0.905. The monoisotopic (exact) mass is 355 g/mol. The minimum atomic E-state index is -0.233. The maximum atomic E-state index is 6.09. The molecule has 0 spiro atoms. The molecule has 0 radical (unpaired) electrons. The van der Waals surface area contributed by atoms with Crippen molar-refractivity contribution in [3.8, 4) is 22.9 Å². The molecule has 136 valence electrons. The van der Waals surface area contributed by atoms with Gasteiger partial charge in [0.1, 0.15) is 17.8 Å². The molecule has 7 nitrogen and oxygen atoms in total. The zero-order chi connectivity index (χ0) is 17.8. The molecule has 2 aliphatic rings. The second kappa shape index (κ2) is 7.72. The van der Waals surface area contributed by atoms with Crippen LogP contribution in [0, 0.1) is 0 Å². The molecular formula is C19H21N3O4. The number of hydrogen-bond acceptors (Lipinski definition) is 7. The molecule has 0 aliphatic carbocycles. The van der Waals surface area contributed by atoms with Crippen LogP contribution in [0.5, 0.6) is 11.8 Å². The SMILES string of the molecule is Nc1nc(OC2C=CCOC2)c(-c2ccccc2)c(O[C@@H]2CCOC2)n1. The normalized spacial score (nSPS) is 22.3. The van der Waals surface area contributed by atoms with E-state index in [0.29, 0.717) is 43.8 Å². The predicted molar refractivity (Wildman–Crippen MR) is 96.1 cm³/mol. The van der Waals surface area contributed by atoms with Gasteiger partial charge in [-0.2, -0.15) is 9.97 Å². The lowest BCUT2D eigenvalue weighted by Crippen LogP contribution is -2.25. The summed E-state index contributed by atoms with van der Waals surface area (Å²) in [4.78, 5) is 8.65. The van der Waals surface area contributed by atoms with E-state index in [1.165, 1.54) is 0 Å². The van der Waals surface area contributed by atoms with Crippen LogP contribution in [0.4, 0.5) is 5.95 Å². The molecule has 2 atom stereocenters. The lowest BCUT2D eigenvalue weighted by molar-refractivity contribution is 0.0729. The van der Waals surface area contributed by atoms with E-state index >= 15 is 0 Å². The quantitative estimate of drug-likeness (QED) is 0.823. The molecule has 0 saturated carbocycles. The highest BCUT2D eigenvalue weighted by atomic mass is 16.6. The van der Waals surface area contributed by atoms with Crippen LogP contribution in [0.1, 0.15) is 6.42 Å². The molecule has 26 heavy (non-hydrogen) atoms. The minimum absolute atomic E-state index is 0.0579. The minimum Gasteiger partial charge on any atom is -0.471 e. The van der Waals surface area contributed by atoms with Crippen molar-refractivity contribution < 1.29 is 18.9 Å². The van der Waals surface area contributed by atoms with Gasteiger partial charge < -0.3 is 24.7 Å². The summed E-state index contributed by atoms with van der Waals surface area (Å²) in [5.41, 5.74) is 7.51. The van der Waals surface area contributed by atoms with Crippen LogP contribution < -0.4 is 15.2 Å². The zero-order valence-corrected chi connectivity index (χ0v) is 14.3. The van der Waals surface area contributed by atoms with Crippen molar-refractivity contribution in [2.24, 2.45) is 0 Å². The number of aromatic nitrogens is 2. The molecule has 3 heterocycles. The van der Waals surface area contributed by atoms with Crippen molar-refractivity contribution in [3.63, 3.8) is 0 Å². The Hall–Kier alpha value is -2.64. The Labute approximate surface area is 151 Å². The van der Waals surface area contributed by atoms with E-state index in [1.54, 1.807) is 0 Å². The summed E-state index contributed by atoms with van der Waals surface area (Å²) >= 11 is 0. The van der Waals surface area contributed by atoms with Crippen molar-refractivity contribution in [1.29, 1.82) is 0 Å². The Morgan fingerprint density at radius 2 is 1.81 bits per heavy atom. The molecule has 1 aromatic heterocycles. The maximum absolute atomic E-state index is 6.09. The first kappa shape index (κ1) is 16.8. The average Bonchev–Trinajstić information content (AvgIpc) is 3.16. The standard InChI is InChI=1S/C19H21N3O4/c20-19-21-17(25-14-7-4-9-23-11-14)16(13-5-2-1-3-6-13)18(22-19)26-15-8-10-24-12-15/h1-7,14-15H,8-12H2,(H2,20,21,22)/t14?,15-/m1/s1. The lowest BCUT2D eigenvalue weighted by Gasteiger charge is -2.22. The molecule has 1 fully saturated rings. The van der Waals surface area contributed by atoms with E-state index in [-0.39, 0.29) is 18.2 Å². The second-order valence-corrected chi connectivity index (χ2v) is 6.16. The van der Waals surface area contributed by atoms with E-state index in [4.69, 9.17) is 24.7 Å². The Balaban J connectivity index is 1.74. The second-order valence-electron chi connectivity index (χ2n) is 6.16. The van der Waals surface area contributed by atoms with Crippen LogP contribution in [0.25, 0.3) is 11.1 Å². The molecule has 2 N–H and O–H groups in total. The zero-order valence-electron chi connectivity index (χ0n) is 14.3. The summed E-state index contributed by atoms with van der Waals surface area (Å²) in [7, 11) is 0. The highest BCUT2D eigenvalue weighted by Crippen LogP contribution is 2.38. The third-order valence-electron chi connectivity index (χ3n) is 4.20. The van der Waals surface area contributed by atoms with Crippen LogP contribution in [0.3, 0.4) is 0 Å². The van der Waals surface area contributed by atoms with Crippen LogP contribution in [-0.2, 0) is 9.47 Å². The highest BCUT2D eigenvalue weighted by Gasteiger charge is 2.25. The number of ether oxygens (including phenoxy) is 4. The molecule has 2 aliphatic heterocycles. The fraction of sp³-hybridized carbons (Fsp3) is 0.368. The highest BCUT2D eigenvalue weighted by molar-refractivity contribution is 5.74. The number of anilines is 1. The van der Waals surface area contributed by atoms with Gasteiger partial charge in [-0.05, 0) is 11.6 Å². The van der Waals surface area contributed by atoms with Gasteiger partial charge in [-0.25, -0.2) is 0 Å². The number of nitrogen functional groups attached to an aromatic ring is 1. The van der Waals surface area contributed by atoms with Gasteiger partial charge >= 0.3 is 0 Å². The fourth-order valence-corrected chi connectivity index (χ4v) is 2.95. The smallest absolute Gasteiger partial charge is 0.230 e. The molecule has 7 heteroatoms. The predicted octanol–water partition coefficient (Wildman–Crippen LogP) is 2.23. The van der Waals surface area contributed by atoms with Crippen LogP contribution in [0.2, 0.25) is 0 Å². The topological polar surface area (TPSA) is 88.7 Å². The van der Waals surface area contributed by atoms with Gasteiger partial charge in [-0.1, -0.05) is 36.4 Å². The van der Waals surface area contributed by atoms with Gasteiger partial charge in [0.25, 0.3) is 0 Å². The number of nitrogens with two attached hydrogens (primary N) is 1. The molecular weight excluding hydrogens is 334 g/mol. The fourth-order valence-electron chi connectivity index (χ4n) is 2.95.